The number of H-pyrrole nitrogens is 1. The number of rotatable bonds is 3. The quantitative estimate of drug-likeness (QED) is 0.432. The zero-order chi connectivity index (χ0) is 17.3. The molecule has 7 nitrogen and oxygen atoms in total. The van der Waals surface area contributed by atoms with Gasteiger partial charge in [0, 0.05) is 11.8 Å². The molecule has 1 atom stereocenters. The molecule has 0 radical (unpaired) electrons. The van der Waals surface area contributed by atoms with Crippen LogP contribution < -0.4 is 16.4 Å². The minimum absolute atomic E-state index is 0.0524. The third-order valence-electron chi connectivity index (χ3n) is 3.86. The Morgan fingerprint density at radius 1 is 1.42 bits per heavy atom. The third-order valence-corrected chi connectivity index (χ3v) is 5.88. The molecule has 3 N–H and O–H groups in total. The largest absolute Gasteiger partial charge is 0.301 e. The Labute approximate surface area is 146 Å². The van der Waals surface area contributed by atoms with Crippen molar-refractivity contribution in [2.24, 2.45) is 5.92 Å². The van der Waals surface area contributed by atoms with E-state index in [9.17, 15) is 14.4 Å². The van der Waals surface area contributed by atoms with E-state index in [0.717, 1.165) is 41.4 Å². The molecule has 128 valence electrons. The molecule has 3 rings (SSSR count). The first-order valence-electron chi connectivity index (χ1n) is 7.67. The lowest BCUT2D eigenvalue weighted by atomic mass is 9.89. The average Bonchev–Trinajstić information content (AvgIpc) is 2.88. The highest BCUT2D eigenvalue weighted by Crippen LogP contribution is 2.36. The van der Waals surface area contributed by atoms with Gasteiger partial charge >= 0.3 is 0 Å². The van der Waals surface area contributed by atoms with Gasteiger partial charge in [0.15, 0.2) is 5.16 Å². The minimum Gasteiger partial charge on any atom is -0.301 e. The molecule has 9 heteroatoms. The monoisotopic (exact) mass is 366 g/mol. The lowest BCUT2D eigenvalue weighted by Gasteiger charge is -2.17. The van der Waals surface area contributed by atoms with Crippen LogP contribution >= 0.6 is 23.1 Å². The maximum absolute atomic E-state index is 12.4. The van der Waals surface area contributed by atoms with Gasteiger partial charge in [0.1, 0.15) is 4.83 Å². The highest BCUT2D eigenvalue weighted by atomic mass is 32.2. The van der Waals surface area contributed by atoms with E-state index >= 15 is 0 Å². The number of nitrogens with one attached hydrogen (secondary N) is 3. The fourth-order valence-electron chi connectivity index (χ4n) is 2.73. The second-order valence-corrected chi connectivity index (χ2v) is 7.97. The van der Waals surface area contributed by atoms with Crippen LogP contribution in [0.3, 0.4) is 0 Å². The van der Waals surface area contributed by atoms with Gasteiger partial charge in [-0.1, -0.05) is 18.7 Å². The number of hydrazine groups is 1. The molecule has 0 fully saturated rings. The Morgan fingerprint density at radius 3 is 2.96 bits per heavy atom. The van der Waals surface area contributed by atoms with Crippen LogP contribution in [0.5, 0.6) is 0 Å². The van der Waals surface area contributed by atoms with Crippen molar-refractivity contribution in [1.29, 1.82) is 0 Å². The van der Waals surface area contributed by atoms with Gasteiger partial charge in [0.05, 0.1) is 11.1 Å². The van der Waals surface area contributed by atoms with Crippen molar-refractivity contribution in [2.75, 3.05) is 5.75 Å². The molecular weight excluding hydrogens is 348 g/mol. The molecule has 2 aromatic rings. The normalized spacial score (nSPS) is 16.7. The smallest absolute Gasteiger partial charge is 0.260 e. The van der Waals surface area contributed by atoms with Crippen molar-refractivity contribution in [3.8, 4) is 0 Å². The van der Waals surface area contributed by atoms with E-state index < -0.39 is 0 Å². The second kappa shape index (κ2) is 6.94. The molecular formula is C15H18N4O3S2. The van der Waals surface area contributed by atoms with Gasteiger partial charge in [-0.2, -0.15) is 0 Å². The number of aromatic amines is 1. The summed E-state index contributed by atoms with van der Waals surface area (Å²) in [7, 11) is 0. The average molecular weight is 366 g/mol. The van der Waals surface area contributed by atoms with E-state index in [4.69, 9.17) is 0 Å². The van der Waals surface area contributed by atoms with Gasteiger partial charge < -0.3 is 4.98 Å². The van der Waals surface area contributed by atoms with Gasteiger partial charge in [-0.05, 0) is 30.7 Å². The van der Waals surface area contributed by atoms with Gasteiger partial charge in [0.25, 0.3) is 5.56 Å². The van der Waals surface area contributed by atoms with Crippen LogP contribution in [-0.2, 0) is 22.4 Å². The summed E-state index contributed by atoms with van der Waals surface area (Å²) >= 11 is 2.71. The van der Waals surface area contributed by atoms with E-state index in [0.29, 0.717) is 16.5 Å². The van der Waals surface area contributed by atoms with E-state index in [1.807, 2.05) is 0 Å². The van der Waals surface area contributed by atoms with Crippen molar-refractivity contribution in [3.05, 3.63) is 20.8 Å². The molecule has 0 aliphatic heterocycles. The maximum Gasteiger partial charge on any atom is 0.260 e. The number of hydrogen-bond acceptors (Lipinski definition) is 6. The Morgan fingerprint density at radius 2 is 2.21 bits per heavy atom. The second-order valence-electron chi connectivity index (χ2n) is 5.92. The standard InChI is InChI=1S/C15H18N4O3S2/c1-7-3-4-9-10(5-7)24-14-12(9)13(22)16-15(17-14)23-6-11(21)19-18-8(2)20/h7H,3-6H2,1-2H3,(H,18,20)(H,19,21)(H,16,17,22)/t7-/m0/s1. The Hall–Kier alpha value is -1.87. The summed E-state index contributed by atoms with van der Waals surface area (Å²) in [5, 5.41) is 1.12. The maximum atomic E-state index is 12.4. The van der Waals surface area contributed by atoms with Gasteiger partial charge in [-0.25, -0.2) is 4.98 Å². The van der Waals surface area contributed by atoms with Crippen LogP contribution in [0.15, 0.2) is 9.95 Å². The van der Waals surface area contributed by atoms with Gasteiger partial charge in [-0.15, -0.1) is 11.3 Å². The number of aryl methyl sites for hydroxylation is 1. The van der Waals surface area contributed by atoms with E-state index in [1.54, 1.807) is 11.3 Å². The third kappa shape index (κ3) is 3.62. The van der Waals surface area contributed by atoms with Crippen LogP contribution in [0.1, 0.15) is 30.7 Å². The molecule has 2 aromatic heterocycles. The fraction of sp³-hybridized carbons (Fsp3) is 0.467. The highest BCUT2D eigenvalue weighted by molar-refractivity contribution is 7.99. The van der Waals surface area contributed by atoms with Crippen molar-refractivity contribution >= 4 is 45.1 Å². The summed E-state index contributed by atoms with van der Waals surface area (Å²) in [5.41, 5.74) is 5.49. The summed E-state index contributed by atoms with van der Waals surface area (Å²) in [6, 6.07) is 0. The van der Waals surface area contributed by atoms with Crippen LogP contribution in [0, 0.1) is 5.92 Å². The molecule has 1 aliphatic carbocycles. The zero-order valence-corrected chi connectivity index (χ0v) is 15.0. The van der Waals surface area contributed by atoms with E-state index in [1.165, 1.54) is 11.8 Å². The predicted octanol–water partition coefficient (Wildman–Crippen LogP) is 1.37. The minimum atomic E-state index is -0.364. The molecule has 1 aliphatic rings. The van der Waals surface area contributed by atoms with Gasteiger partial charge in [-0.3, -0.25) is 25.2 Å². The van der Waals surface area contributed by atoms with E-state index in [2.05, 4.69) is 27.7 Å². The number of thioether (sulfide) groups is 1. The van der Waals surface area contributed by atoms with Crippen LogP contribution in [-0.4, -0.2) is 27.5 Å². The number of aromatic nitrogens is 2. The summed E-state index contributed by atoms with van der Waals surface area (Å²) in [5.74, 6) is -0.0236. The Balaban J connectivity index is 1.78. The first-order chi connectivity index (χ1) is 11.4. The topological polar surface area (TPSA) is 104 Å². The first-order valence-corrected chi connectivity index (χ1v) is 9.47. The molecule has 0 unspecified atom stereocenters. The van der Waals surface area contributed by atoms with Crippen molar-refractivity contribution < 1.29 is 9.59 Å². The van der Waals surface area contributed by atoms with Crippen LogP contribution in [0.25, 0.3) is 10.2 Å². The number of amides is 2. The van der Waals surface area contributed by atoms with Crippen LogP contribution in [0.2, 0.25) is 0 Å². The lowest BCUT2D eigenvalue weighted by molar-refractivity contribution is -0.126. The zero-order valence-electron chi connectivity index (χ0n) is 13.4. The first kappa shape index (κ1) is 17.0. The number of thiophene rings is 1. The molecule has 2 heterocycles. The van der Waals surface area contributed by atoms with Crippen molar-refractivity contribution in [1.82, 2.24) is 20.8 Å². The number of nitrogens with zero attached hydrogens (tertiary/aromatic N) is 1. The predicted molar refractivity (Wildman–Crippen MR) is 94.1 cm³/mol. The number of carbonyl (C=O) groups excluding carboxylic acids is 2. The molecule has 24 heavy (non-hydrogen) atoms. The number of carbonyl (C=O) groups is 2. The Bertz CT molecular complexity index is 858. The summed E-state index contributed by atoms with van der Waals surface area (Å²) < 4.78 is 0. The van der Waals surface area contributed by atoms with Crippen molar-refractivity contribution in [3.63, 3.8) is 0 Å². The highest BCUT2D eigenvalue weighted by Gasteiger charge is 2.23. The molecule has 0 aromatic carbocycles. The molecule has 0 saturated heterocycles. The molecule has 0 spiro atoms. The molecule has 0 saturated carbocycles. The SMILES string of the molecule is CC(=O)NNC(=O)CSc1nc2sc3c(c2c(=O)[nH]1)CC[C@H](C)C3. The number of fused-ring (bicyclic) bond motifs is 3. The van der Waals surface area contributed by atoms with Gasteiger partial charge in [0.2, 0.25) is 11.8 Å². The Kier molecular flexibility index (Phi) is 4.91. The van der Waals surface area contributed by atoms with Crippen LogP contribution in [0.4, 0.5) is 0 Å². The van der Waals surface area contributed by atoms with E-state index in [-0.39, 0.29) is 23.1 Å². The number of hydrogen-bond donors (Lipinski definition) is 3. The molecule has 2 amide bonds. The molecule has 0 bridgehead atoms. The summed E-state index contributed by atoms with van der Waals surface area (Å²) in [6.45, 7) is 3.53. The van der Waals surface area contributed by atoms with Crippen molar-refractivity contribution in [2.45, 2.75) is 38.3 Å². The lowest BCUT2D eigenvalue weighted by Crippen LogP contribution is -2.41. The summed E-state index contributed by atoms with van der Waals surface area (Å²) in [4.78, 5) is 44.0. The summed E-state index contributed by atoms with van der Waals surface area (Å²) in [6.07, 6.45) is 3.02. The fourth-order valence-corrected chi connectivity index (χ4v) is 4.83.